The number of phosphoric acid groups is 2. The molecule has 0 saturated heterocycles. The Labute approximate surface area is 179 Å². The average Bonchev–Trinajstić information content (AvgIpc) is 1.14. The Balaban J connectivity index is -0.0000000533. The summed E-state index contributed by atoms with van der Waals surface area (Å²) in [7, 11) is -11.4. The van der Waals surface area contributed by atoms with E-state index < -0.39 is 15.6 Å². The van der Waals surface area contributed by atoms with Gasteiger partial charge in [0.2, 0.25) is 0 Å². The Morgan fingerprint density at radius 1 is 0.769 bits per heavy atom. The summed E-state index contributed by atoms with van der Waals surface area (Å²) < 4.78 is 21.2. The molecule has 60 valence electrons. The monoisotopic (exact) mass is 302 g/mol. The standard InChI is InChI=1S/2Ca.2Na.H4O7P2.2H/c;;;;1-8(2,3)7-9(4,5)6;;/h;;;;(H2,1,2,3)(H2,4,5,6);;/q2*+2;;;;;/p-4. The second-order valence-electron chi connectivity index (χ2n) is 0.976. The molecule has 0 atom stereocenters. The van der Waals surface area contributed by atoms with Crippen molar-refractivity contribution < 1.29 is 33.0 Å². The van der Waals surface area contributed by atoms with Gasteiger partial charge in [-0.25, -0.2) is 0 Å². The van der Waals surface area contributed by atoms with Crippen LogP contribution in [0.3, 0.4) is 0 Å². The van der Waals surface area contributed by atoms with Crippen LogP contribution < -0.4 is 19.6 Å². The van der Waals surface area contributed by atoms with E-state index in [1.54, 1.807) is 0 Å². The molecule has 0 saturated carbocycles. The third-order valence-corrected chi connectivity index (χ3v) is 1.80. The zero-order valence-corrected chi connectivity index (χ0v) is 11.4. The fraction of sp³-hybridized carbons (Fsp3) is 0. The van der Waals surface area contributed by atoms with E-state index in [1.807, 2.05) is 0 Å². The molecule has 0 aromatic rings. The first-order valence-electron chi connectivity index (χ1n) is 1.46. The van der Waals surface area contributed by atoms with Crippen molar-refractivity contribution >= 4 is 150 Å². The van der Waals surface area contributed by atoms with Gasteiger partial charge in [0, 0.05) is 0 Å². The van der Waals surface area contributed by atoms with Gasteiger partial charge in [0.15, 0.2) is 0 Å². The van der Waals surface area contributed by atoms with Gasteiger partial charge in [0.25, 0.3) is 0 Å². The molecule has 0 aliphatic rings. The fourth-order valence-corrected chi connectivity index (χ4v) is 1.10. The molecule has 0 aliphatic carbocycles. The van der Waals surface area contributed by atoms with Crippen LogP contribution in [0.1, 0.15) is 0 Å². The van der Waals surface area contributed by atoms with E-state index in [0.717, 1.165) is 0 Å². The first-order valence-corrected chi connectivity index (χ1v) is 4.38. The van der Waals surface area contributed by atoms with Crippen LogP contribution in [0.25, 0.3) is 0 Å². The summed E-state index contributed by atoms with van der Waals surface area (Å²) in [4.78, 5) is 37.3. The molecule has 0 amide bonds. The topological polar surface area (TPSA) is 136 Å². The van der Waals surface area contributed by atoms with E-state index >= 15 is 0 Å². The van der Waals surface area contributed by atoms with Crippen LogP contribution in [0.15, 0.2) is 0 Å². The molecule has 0 heterocycles. The summed E-state index contributed by atoms with van der Waals surface area (Å²) in [6, 6.07) is 0. The molecule has 13 heteroatoms. The number of hydrogen-bond acceptors (Lipinski definition) is 7. The molecule has 0 aromatic carbocycles. The molecule has 0 aliphatic heterocycles. The van der Waals surface area contributed by atoms with Gasteiger partial charge < -0.3 is 33.0 Å². The SMILES string of the molecule is O=P([O-])([O-])OP(=O)([O-])[O-].[Ca+2].[Ca+2].[NaH].[NaH]. The summed E-state index contributed by atoms with van der Waals surface area (Å²) in [6.45, 7) is 0. The van der Waals surface area contributed by atoms with Crippen molar-refractivity contribution in [1.29, 1.82) is 0 Å². The predicted molar refractivity (Wildman–Crippen MR) is 42.1 cm³/mol. The summed E-state index contributed by atoms with van der Waals surface area (Å²) in [6.07, 6.45) is 0. The molecule has 0 bridgehead atoms. The van der Waals surface area contributed by atoms with Crippen molar-refractivity contribution in [2.75, 3.05) is 0 Å². The third-order valence-electron chi connectivity index (χ3n) is 0.200. The van der Waals surface area contributed by atoms with Crippen molar-refractivity contribution in [3.63, 3.8) is 0 Å². The Bertz CT molecular complexity index is 163. The Morgan fingerprint density at radius 3 is 0.923 bits per heavy atom. The first kappa shape index (κ1) is 30.7. The van der Waals surface area contributed by atoms with Gasteiger partial charge >= 0.3 is 135 Å². The maximum absolute atomic E-state index is 9.32. The second-order valence-corrected chi connectivity index (χ2v) is 3.42. The van der Waals surface area contributed by atoms with Gasteiger partial charge in [-0.05, 0) is 0 Å². The van der Waals surface area contributed by atoms with Crippen molar-refractivity contribution in [1.82, 2.24) is 0 Å². The summed E-state index contributed by atoms with van der Waals surface area (Å²) in [5, 5.41) is 0. The fourth-order valence-electron chi connectivity index (χ4n) is 0.122. The van der Waals surface area contributed by atoms with Gasteiger partial charge in [-0.1, -0.05) is 0 Å². The van der Waals surface area contributed by atoms with Gasteiger partial charge in [-0.2, -0.15) is 0 Å². The Kier molecular flexibility index (Phi) is 31.2. The van der Waals surface area contributed by atoms with Crippen LogP contribution in [0, 0.1) is 0 Å². The minimum atomic E-state index is -5.68. The van der Waals surface area contributed by atoms with Crippen molar-refractivity contribution in [3.8, 4) is 0 Å². The summed E-state index contributed by atoms with van der Waals surface area (Å²) in [5.74, 6) is 0. The Morgan fingerprint density at radius 2 is 0.923 bits per heavy atom. The van der Waals surface area contributed by atoms with E-state index in [4.69, 9.17) is 0 Å². The summed E-state index contributed by atoms with van der Waals surface area (Å²) >= 11 is 0. The normalized spacial score (nSPS) is 9.54. The molecule has 0 aromatic heterocycles. The van der Waals surface area contributed by atoms with Crippen molar-refractivity contribution in [2.45, 2.75) is 0 Å². The van der Waals surface area contributed by atoms with E-state index in [2.05, 4.69) is 4.31 Å². The van der Waals surface area contributed by atoms with Gasteiger partial charge in [0.1, 0.15) is 0 Å². The molecule has 0 rings (SSSR count). The van der Waals surface area contributed by atoms with Crippen LogP contribution >= 0.6 is 15.6 Å². The summed E-state index contributed by atoms with van der Waals surface area (Å²) in [5.41, 5.74) is 0. The molecule has 0 radical (unpaired) electrons. The van der Waals surface area contributed by atoms with E-state index in [-0.39, 0.29) is 135 Å². The van der Waals surface area contributed by atoms with Crippen LogP contribution in [-0.4, -0.2) is 135 Å². The van der Waals surface area contributed by atoms with Gasteiger partial charge in [-0.15, -0.1) is 0 Å². The van der Waals surface area contributed by atoms with Crippen LogP contribution in [0.2, 0.25) is 0 Å². The molecule has 0 spiro atoms. The third kappa shape index (κ3) is 31.5. The number of rotatable bonds is 2. The average molecular weight is 302 g/mol. The second kappa shape index (κ2) is 13.2. The quantitative estimate of drug-likeness (QED) is 0.367. The van der Waals surface area contributed by atoms with Crippen LogP contribution in [0.4, 0.5) is 0 Å². The van der Waals surface area contributed by atoms with Crippen LogP contribution in [-0.2, 0) is 13.4 Å². The molecule has 0 N–H and O–H groups in total. The molecule has 0 fully saturated rings. The molecular weight excluding hydrogens is 300 g/mol. The zero-order chi connectivity index (χ0) is 7.71. The zero-order valence-electron chi connectivity index (χ0n) is 5.17. The predicted octanol–water partition coefficient (Wildman–Crippen LogP) is -5.40. The van der Waals surface area contributed by atoms with Crippen LogP contribution in [0.5, 0.6) is 0 Å². The first-order chi connectivity index (χ1) is 3.71. The van der Waals surface area contributed by atoms with E-state index in [1.165, 1.54) is 0 Å². The van der Waals surface area contributed by atoms with Crippen molar-refractivity contribution in [2.24, 2.45) is 0 Å². The van der Waals surface area contributed by atoms with Gasteiger partial charge in [0.05, 0.1) is 15.6 Å². The van der Waals surface area contributed by atoms with E-state index in [9.17, 15) is 28.7 Å². The molecular formula is H2Ca2Na2O7P2. The Hall–Kier alpha value is 4.78. The maximum atomic E-state index is 9.32. The molecule has 7 nitrogen and oxygen atoms in total. The number of hydrogen-bond donors (Lipinski definition) is 0. The minimum absolute atomic E-state index is 0. The van der Waals surface area contributed by atoms with E-state index in [0.29, 0.717) is 0 Å². The molecule has 13 heavy (non-hydrogen) atoms. The van der Waals surface area contributed by atoms with Gasteiger partial charge in [-0.3, -0.25) is 0 Å². The molecule has 0 unspecified atom stereocenters. The van der Waals surface area contributed by atoms with Crippen molar-refractivity contribution in [3.05, 3.63) is 0 Å².